The van der Waals surface area contributed by atoms with Crippen molar-refractivity contribution in [2.45, 2.75) is 19.1 Å². The van der Waals surface area contributed by atoms with Crippen LogP contribution < -0.4 is 0 Å². The van der Waals surface area contributed by atoms with Crippen molar-refractivity contribution in [1.29, 1.82) is 0 Å². The number of carbonyl (C=O) groups excluding carboxylic acids is 1. The van der Waals surface area contributed by atoms with E-state index in [2.05, 4.69) is 0 Å². The molecule has 0 bridgehead atoms. The van der Waals surface area contributed by atoms with Crippen LogP contribution in [-0.4, -0.2) is 38.3 Å². The molecule has 0 aliphatic carbocycles. The highest BCUT2D eigenvalue weighted by atomic mass is 35.7. The van der Waals surface area contributed by atoms with E-state index in [1.165, 1.54) is 11.9 Å². The second kappa shape index (κ2) is 8.87. The Morgan fingerprint density at radius 3 is 2.08 bits per heavy atom. The van der Waals surface area contributed by atoms with Crippen molar-refractivity contribution in [2.24, 2.45) is 0 Å². The van der Waals surface area contributed by atoms with Gasteiger partial charge in [0.25, 0.3) is 0 Å². The fourth-order valence-electron chi connectivity index (χ4n) is 2.39. The molecule has 2 aromatic rings. The number of carbonyl (C=O) groups is 1. The van der Waals surface area contributed by atoms with Crippen molar-refractivity contribution in [3.8, 4) is 0 Å². The summed E-state index contributed by atoms with van der Waals surface area (Å²) in [5, 5.41) is 0. The van der Waals surface area contributed by atoms with E-state index in [9.17, 15) is 13.2 Å². The third-order valence-corrected chi connectivity index (χ3v) is 4.91. The molecule has 1 unspecified atom stereocenters. The third-order valence-electron chi connectivity index (χ3n) is 3.75. The quantitative estimate of drug-likeness (QED) is 0.689. The molecular weight excluding hydrogens is 362 g/mol. The molecule has 0 spiro atoms. The lowest BCUT2D eigenvalue weighted by atomic mass is 10.1. The number of ether oxygens (including phenoxy) is 1. The lowest BCUT2D eigenvalue weighted by Gasteiger charge is -2.26. The molecule has 25 heavy (non-hydrogen) atoms. The van der Waals surface area contributed by atoms with Gasteiger partial charge in [-0.05, 0) is 17.5 Å². The third kappa shape index (κ3) is 6.76. The highest BCUT2D eigenvalue weighted by molar-refractivity contribution is 8.13. The molecule has 2 rings (SSSR count). The Kier molecular flexibility index (Phi) is 6.84. The maximum atomic E-state index is 12.3. The zero-order chi connectivity index (χ0) is 18.3. The van der Waals surface area contributed by atoms with E-state index < -0.39 is 21.2 Å². The predicted molar refractivity (Wildman–Crippen MR) is 98.0 cm³/mol. The molecular formula is C18H20ClNO4S. The Balaban J connectivity index is 2.05. The lowest BCUT2D eigenvalue weighted by molar-refractivity contribution is 0.0940. The van der Waals surface area contributed by atoms with Gasteiger partial charge in [0.1, 0.15) is 6.61 Å². The maximum Gasteiger partial charge on any atom is 0.410 e. The summed E-state index contributed by atoms with van der Waals surface area (Å²) in [6, 6.07) is 18.0. The van der Waals surface area contributed by atoms with E-state index in [0.29, 0.717) is 6.42 Å². The Bertz CT molecular complexity index is 781. The molecule has 1 amide bonds. The zero-order valence-electron chi connectivity index (χ0n) is 13.8. The molecule has 134 valence electrons. The SMILES string of the molecule is CN(C(=O)OCc1ccccc1)C(Cc1ccccc1)CS(=O)(=O)Cl. The van der Waals surface area contributed by atoms with Gasteiger partial charge in [0.05, 0.1) is 11.8 Å². The Morgan fingerprint density at radius 1 is 1.04 bits per heavy atom. The highest BCUT2D eigenvalue weighted by Gasteiger charge is 2.26. The Labute approximate surface area is 152 Å². The zero-order valence-corrected chi connectivity index (χ0v) is 15.4. The van der Waals surface area contributed by atoms with Gasteiger partial charge in [0.15, 0.2) is 0 Å². The van der Waals surface area contributed by atoms with Crippen LogP contribution in [0.4, 0.5) is 4.79 Å². The van der Waals surface area contributed by atoms with Crippen LogP contribution in [0.3, 0.4) is 0 Å². The fourth-order valence-corrected chi connectivity index (χ4v) is 3.63. The van der Waals surface area contributed by atoms with Gasteiger partial charge in [-0.1, -0.05) is 60.7 Å². The Hall–Kier alpha value is -2.05. The summed E-state index contributed by atoms with van der Waals surface area (Å²) >= 11 is 0. The summed E-state index contributed by atoms with van der Waals surface area (Å²) in [7, 11) is 3.16. The standard InChI is InChI=1S/C18H20ClNO4S/c1-20(18(21)24-13-16-10-6-3-7-11-16)17(14-25(19,22)23)12-15-8-4-2-5-9-15/h2-11,17H,12-14H2,1H3. The fraction of sp³-hybridized carbons (Fsp3) is 0.278. The van der Waals surface area contributed by atoms with Crippen molar-refractivity contribution >= 4 is 25.8 Å². The van der Waals surface area contributed by atoms with Gasteiger partial charge in [0.2, 0.25) is 9.05 Å². The normalized spacial score (nSPS) is 12.4. The van der Waals surface area contributed by atoms with Crippen molar-refractivity contribution < 1.29 is 17.9 Å². The number of hydrogen-bond donors (Lipinski definition) is 0. The van der Waals surface area contributed by atoms with Crippen LogP contribution in [0.15, 0.2) is 60.7 Å². The summed E-state index contributed by atoms with van der Waals surface area (Å²) in [4.78, 5) is 13.6. The van der Waals surface area contributed by atoms with Crippen LogP contribution in [0.5, 0.6) is 0 Å². The first-order valence-corrected chi connectivity index (χ1v) is 10.2. The average molecular weight is 382 g/mol. The monoisotopic (exact) mass is 381 g/mol. The van der Waals surface area contributed by atoms with E-state index in [1.54, 1.807) is 0 Å². The molecule has 0 saturated heterocycles. The van der Waals surface area contributed by atoms with Gasteiger partial charge < -0.3 is 9.64 Å². The minimum absolute atomic E-state index is 0.121. The molecule has 0 heterocycles. The first kappa shape index (κ1) is 19.3. The molecule has 0 aromatic heterocycles. The van der Waals surface area contributed by atoms with Gasteiger partial charge in [-0.2, -0.15) is 0 Å². The van der Waals surface area contributed by atoms with Crippen molar-refractivity contribution in [2.75, 3.05) is 12.8 Å². The highest BCUT2D eigenvalue weighted by Crippen LogP contribution is 2.14. The van der Waals surface area contributed by atoms with Crippen LogP contribution in [-0.2, 0) is 26.8 Å². The number of amides is 1. The molecule has 2 aromatic carbocycles. The van der Waals surface area contributed by atoms with Crippen molar-refractivity contribution in [3.63, 3.8) is 0 Å². The number of hydrogen-bond acceptors (Lipinski definition) is 4. The summed E-state index contributed by atoms with van der Waals surface area (Å²) in [5.74, 6) is -0.347. The molecule has 5 nitrogen and oxygen atoms in total. The smallest absolute Gasteiger partial charge is 0.410 e. The van der Waals surface area contributed by atoms with Crippen molar-refractivity contribution in [1.82, 2.24) is 4.90 Å². The second-order valence-corrected chi connectivity index (χ2v) is 8.52. The molecule has 0 fully saturated rings. The second-order valence-electron chi connectivity index (χ2n) is 5.70. The van der Waals surface area contributed by atoms with E-state index in [-0.39, 0.29) is 12.4 Å². The van der Waals surface area contributed by atoms with Crippen molar-refractivity contribution in [3.05, 3.63) is 71.8 Å². The van der Waals surface area contributed by atoms with Crippen LogP contribution in [0.25, 0.3) is 0 Å². The van der Waals surface area contributed by atoms with Gasteiger partial charge >= 0.3 is 6.09 Å². The number of benzene rings is 2. The first-order chi connectivity index (χ1) is 11.8. The number of nitrogens with zero attached hydrogens (tertiary/aromatic N) is 1. The van der Waals surface area contributed by atoms with Gasteiger partial charge in [-0.3, -0.25) is 0 Å². The average Bonchev–Trinajstić information content (AvgIpc) is 2.59. The summed E-state index contributed by atoms with van der Waals surface area (Å²) in [5.41, 5.74) is 1.77. The molecule has 0 radical (unpaired) electrons. The largest absolute Gasteiger partial charge is 0.445 e. The summed E-state index contributed by atoms with van der Waals surface area (Å²) < 4.78 is 28.3. The van der Waals surface area contributed by atoms with E-state index >= 15 is 0 Å². The molecule has 0 aliphatic heterocycles. The van der Waals surface area contributed by atoms with Gasteiger partial charge in [0, 0.05) is 17.7 Å². The molecule has 1 atom stereocenters. The van der Waals surface area contributed by atoms with Crippen LogP contribution in [0.2, 0.25) is 0 Å². The maximum absolute atomic E-state index is 12.3. The Morgan fingerprint density at radius 2 is 1.56 bits per heavy atom. The molecule has 7 heteroatoms. The summed E-state index contributed by atoms with van der Waals surface area (Å²) in [6.45, 7) is 0.121. The first-order valence-electron chi connectivity index (χ1n) is 7.75. The van der Waals surface area contributed by atoms with Gasteiger partial charge in [-0.25, -0.2) is 13.2 Å². The topological polar surface area (TPSA) is 63.7 Å². The van der Waals surface area contributed by atoms with E-state index in [0.717, 1.165) is 11.1 Å². The molecule has 0 N–H and O–H groups in total. The van der Waals surface area contributed by atoms with Gasteiger partial charge in [-0.15, -0.1) is 0 Å². The number of likely N-dealkylation sites (N-methyl/N-ethyl adjacent to an activating group) is 1. The number of halogens is 1. The van der Waals surface area contributed by atoms with E-state index in [1.807, 2.05) is 60.7 Å². The molecule has 0 saturated carbocycles. The minimum Gasteiger partial charge on any atom is -0.445 e. The van der Waals surface area contributed by atoms with E-state index in [4.69, 9.17) is 15.4 Å². The van der Waals surface area contributed by atoms with Crippen LogP contribution in [0.1, 0.15) is 11.1 Å². The summed E-state index contributed by atoms with van der Waals surface area (Å²) in [6.07, 6.45) is -0.228. The molecule has 0 aliphatic rings. The van der Waals surface area contributed by atoms with Crippen LogP contribution in [0, 0.1) is 0 Å². The predicted octanol–water partition coefficient (Wildman–Crippen LogP) is 3.43. The number of rotatable bonds is 7. The minimum atomic E-state index is -3.77. The van der Waals surface area contributed by atoms with Crippen LogP contribution >= 0.6 is 10.7 Å². The lowest BCUT2D eigenvalue weighted by Crippen LogP contribution is -2.42.